The molecule has 0 aromatic heterocycles. The molecule has 0 radical (unpaired) electrons. The second kappa shape index (κ2) is 13.9. The van der Waals surface area contributed by atoms with Crippen molar-refractivity contribution in [3.05, 3.63) is 0 Å². The van der Waals surface area contributed by atoms with Crippen LogP contribution in [0.2, 0.25) is 0 Å². The summed E-state index contributed by atoms with van der Waals surface area (Å²) in [5, 5.41) is 3.88. The second-order valence-corrected chi connectivity index (χ2v) is 4.60. The third kappa shape index (κ3) is 13.8. The van der Waals surface area contributed by atoms with Crippen molar-refractivity contribution in [3.63, 3.8) is 0 Å². The molecule has 0 rings (SSSR count). The summed E-state index contributed by atoms with van der Waals surface area (Å²) in [6.07, 6.45) is 4.59. The topological polar surface area (TPSA) is 47.6 Å². The maximum atomic E-state index is 11.3. The number of ether oxygens (including phenoxy) is 2. The summed E-state index contributed by atoms with van der Waals surface area (Å²) in [6.45, 7) is 2.78. The van der Waals surface area contributed by atoms with E-state index < -0.39 is 0 Å². The molecular weight excluding hydrogens is 286 g/mol. The van der Waals surface area contributed by atoms with Gasteiger partial charge in [-0.05, 0) is 25.7 Å². The fraction of sp³-hybridized carbons (Fsp3) is 0.917. The van der Waals surface area contributed by atoms with Crippen LogP contribution in [0.25, 0.3) is 0 Å². The van der Waals surface area contributed by atoms with Crippen LogP contribution < -0.4 is 5.32 Å². The number of unbranched alkanes of at least 4 members (excludes halogenated alkanes) is 2. The number of nitrogens with one attached hydrogen (secondary N) is 1. The lowest BCUT2D eigenvalue weighted by molar-refractivity contribution is -0.121. The van der Waals surface area contributed by atoms with Gasteiger partial charge in [0.05, 0.1) is 13.2 Å². The van der Waals surface area contributed by atoms with Crippen LogP contribution in [0.5, 0.6) is 0 Å². The molecule has 4 nitrogen and oxygen atoms in total. The van der Waals surface area contributed by atoms with E-state index in [9.17, 15) is 4.79 Å². The van der Waals surface area contributed by atoms with E-state index >= 15 is 0 Å². The predicted molar refractivity (Wildman–Crippen MR) is 72.6 cm³/mol. The van der Waals surface area contributed by atoms with Crippen LogP contribution in [0.3, 0.4) is 0 Å². The molecule has 0 saturated carbocycles. The Labute approximate surface area is 113 Å². The van der Waals surface area contributed by atoms with Gasteiger partial charge in [0.2, 0.25) is 5.91 Å². The Morgan fingerprint density at radius 3 is 2.65 bits per heavy atom. The first-order valence-electron chi connectivity index (χ1n) is 6.20. The molecule has 1 N–H and O–H groups in total. The van der Waals surface area contributed by atoms with Crippen LogP contribution in [0.4, 0.5) is 0 Å². The highest BCUT2D eigenvalue weighted by atomic mass is 79.9. The summed E-state index contributed by atoms with van der Waals surface area (Å²) in [4.78, 5) is 11.3. The van der Waals surface area contributed by atoms with Crippen LogP contribution >= 0.6 is 15.9 Å². The standard InChI is InChI=1S/C12H24BrNO3/c1-16-10-11-17-9-5-4-8-14-12(15)6-2-3-7-13/h2-11H2,1H3,(H,14,15). The van der Waals surface area contributed by atoms with Crippen molar-refractivity contribution < 1.29 is 14.3 Å². The highest BCUT2D eigenvalue weighted by Crippen LogP contribution is 1.98. The summed E-state index contributed by atoms with van der Waals surface area (Å²) < 4.78 is 10.2. The summed E-state index contributed by atoms with van der Waals surface area (Å²) >= 11 is 3.34. The molecule has 0 saturated heterocycles. The average molecular weight is 310 g/mol. The summed E-state index contributed by atoms with van der Waals surface area (Å²) in [5.41, 5.74) is 0. The molecule has 17 heavy (non-hydrogen) atoms. The van der Waals surface area contributed by atoms with E-state index in [4.69, 9.17) is 9.47 Å². The van der Waals surface area contributed by atoms with Crippen molar-refractivity contribution in [2.75, 3.05) is 38.8 Å². The van der Waals surface area contributed by atoms with Crippen molar-refractivity contribution in [3.8, 4) is 0 Å². The lowest BCUT2D eigenvalue weighted by Gasteiger charge is -2.05. The first-order valence-corrected chi connectivity index (χ1v) is 7.32. The Morgan fingerprint density at radius 2 is 1.94 bits per heavy atom. The maximum Gasteiger partial charge on any atom is 0.219 e. The van der Waals surface area contributed by atoms with Gasteiger partial charge < -0.3 is 14.8 Å². The van der Waals surface area contributed by atoms with E-state index in [1.807, 2.05) is 0 Å². The van der Waals surface area contributed by atoms with Gasteiger partial charge >= 0.3 is 0 Å². The smallest absolute Gasteiger partial charge is 0.219 e. The van der Waals surface area contributed by atoms with Crippen LogP contribution in [0.15, 0.2) is 0 Å². The van der Waals surface area contributed by atoms with Gasteiger partial charge in [-0.2, -0.15) is 0 Å². The van der Waals surface area contributed by atoms with Crippen molar-refractivity contribution in [1.82, 2.24) is 5.32 Å². The van der Waals surface area contributed by atoms with Gasteiger partial charge in [-0.1, -0.05) is 15.9 Å². The average Bonchev–Trinajstić information content (AvgIpc) is 2.33. The van der Waals surface area contributed by atoms with Gasteiger partial charge in [0.1, 0.15) is 0 Å². The molecule has 0 bridgehead atoms. The lowest BCUT2D eigenvalue weighted by Crippen LogP contribution is -2.24. The monoisotopic (exact) mass is 309 g/mol. The fourth-order valence-electron chi connectivity index (χ4n) is 1.27. The second-order valence-electron chi connectivity index (χ2n) is 3.81. The third-order valence-corrected chi connectivity index (χ3v) is 2.82. The zero-order valence-corrected chi connectivity index (χ0v) is 12.3. The largest absolute Gasteiger partial charge is 0.382 e. The van der Waals surface area contributed by atoms with E-state index in [2.05, 4.69) is 21.2 Å². The van der Waals surface area contributed by atoms with Gasteiger partial charge in [0, 0.05) is 32.0 Å². The molecule has 5 heteroatoms. The van der Waals surface area contributed by atoms with Gasteiger partial charge in [-0.25, -0.2) is 0 Å². The van der Waals surface area contributed by atoms with Gasteiger partial charge in [0.25, 0.3) is 0 Å². The maximum absolute atomic E-state index is 11.3. The van der Waals surface area contributed by atoms with Crippen molar-refractivity contribution in [2.24, 2.45) is 0 Å². The van der Waals surface area contributed by atoms with Gasteiger partial charge in [-0.3, -0.25) is 4.79 Å². The molecule has 0 aliphatic heterocycles. The Balaban J connectivity index is 3.08. The number of halogens is 1. The first kappa shape index (κ1) is 16.9. The third-order valence-electron chi connectivity index (χ3n) is 2.26. The van der Waals surface area contributed by atoms with Gasteiger partial charge in [0.15, 0.2) is 0 Å². The van der Waals surface area contributed by atoms with Crippen molar-refractivity contribution >= 4 is 21.8 Å². The highest BCUT2D eigenvalue weighted by Gasteiger charge is 1.99. The minimum Gasteiger partial charge on any atom is -0.382 e. The quantitative estimate of drug-likeness (QED) is 0.444. The minimum atomic E-state index is 0.159. The molecule has 0 aliphatic rings. The van der Waals surface area contributed by atoms with Crippen LogP contribution in [-0.2, 0) is 14.3 Å². The zero-order valence-electron chi connectivity index (χ0n) is 10.7. The zero-order chi connectivity index (χ0) is 12.8. The number of alkyl halides is 1. The Morgan fingerprint density at radius 1 is 1.12 bits per heavy atom. The number of amides is 1. The molecule has 102 valence electrons. The number of carbonyl (C=O) groups is 1. The first-order chi connectivity index (χ1) is 8.31. The summed E-state index contributed by atoms with van der Waals surface area (Å²) in [6, 6.07) is 0. The molecule has 0 aromatic rings. The molecule has 0 aliphatic carbocycles. The van der Waals surface area contributed by atoms with Crippen LogP contribution in [-0.4, -0.2) is 44.7 Å². The van der Waals surface area contributed by atoms with Crippen molar-refractivity contribution in [2.45, 2.75) is 32.1 Å². The molecule has 0 aromatic carbocycles. The molecule has 0 spiro atoms. The van der Waals surface area contributed by atoms with Crippen molar-refractivity contribution in [1.29, 1.82) is 0 Å². The summed E-state index contributed by atoms with van der Waals surface area (Å²) in [5.74, 6) is 0.159. The molecule has 0 fully saturated rings. The van der Waals surface area contributed by atoms with Crippen LogP contribution in [0, 0.1) is 0 Å². The van der Waals surface area contributed by atoms with E-state index in [0.717, 1.165) is 44.2 Å². The lowest BCUT2D eigenvalue weighted by atomic mass is 10.2. The number of carbonyl (C=O) groups excluding carboxylic acids is 1. The van der Waals surface area contributed by atoms with E-state index in [0.29, 0.717) is 19.6 Å². The predicted octanol–water partition coefficient (Wildman–Crippen LogP) is 2.11. The van der Waals surface area contributed by atoms with E-state index in [-0.39, 0.29) is 5.91 Å². The molecule has 0 unspecified atom stereocenters. The van der Waals surface area contributed by atoms with E-state index in [1.165, 1.54) is 0 Å². The number of hydrogen-bond donors (Lipinski definition) is 1. The molecular formula is C12H24BrNO3. The van der Waals surface area contributed by atoms with Crippen LogP contribution in [0.1, 0.15) is 32.1 Å². The highest BCUT2D eigenvalue weighted by molar-refractivity contribution is 9.09. The fourth-order valence-corrected chi connectivity index (χ4v) is 1.67. The minimum absolute atomic E-state index is 0.159. The molecule has 0 heterocycles. The number of hydrogen-bond acceptors (Lipinski definition) is 3. The Hall–Kier alpha value is -0.130. The molecule has 0 atom stereocenters. The summed E-state index contributed by atoms with van der Waals surface area (Å²) in [7, 11) is 1.66. The number of methoxy groups -OCH3 is 1. The van der Waals surface area contributed by atoms with Gasteiger partial charge in [-0.15, -0.1) is 0 Å². The van der Waals surface area contributed by atoms with E-state index in [1.54, 1.807) is 7.11 Å². The normalized spacial score (nSPS) is 10.5. The SMILES string of the molecule is COCCOCCCCNC(=O)CCCCBr. The molecule has 1 amide bonds. The Bertz CT molecular complexity index is 179. The Kier molecular flexibility index (Phi) is 13.8. The number of rotatable bonds is 12.